The standard InChI is InChI=1S/C11H14N2O2.C9H9NO2/c1-14-9-4-3-8(7-10(9)15-2)11-12-5-6-13-11;1-11-8-4-3-7(6-10)5-9(8)12-2/h3-4,7H,5-6H2,1-2H3,(H,12,13);3-5H,1-2H3. The number of ether oxygens (including phenoxy) is 4. The highest BCUT2D eigenvalue weighted by Gasteiger charge is 2.11. The maximum Gasteiger partial charge on any atom is 0.162 e. The lowest BCUT2D eigenvalue weighted by Crippen LogP contribution is -2.19. The van der Waals surface area contributed by atoms with Crippen LogP contribution in [0.1, 0.15) is 11.1 Å². The molecule has 2 aromatic carbocycles. The number of hydrogen-bond acceptors (Lipinski definition) is 7. The van der Waals surface area contributed by atoms with Gasteiger partial charge in [-0.2, -0.15) is 5.26 Å². The largest absolute Gasteiger partial charge is 0.493 e. The summed E-state index contributed by atoms with van der Waals surface area (Å²) in [5, 5.41) is 11.8. The molecule has 0 unspecified atom stereocenters. The quantitative estimate of drug-likeness (QED) is 0.872. The Kier molecular flexibility index (Phi) is 7.32. The second-order valence-corrected chi connectivity index (χ2v) is 5.41. The van der Waals surface area contributed by atoms with Crippen molar-refractivity contribution >= 4 is 5.84 Å². The molecular weight excluding hydrogens is 346 g/mol. The number of amidine groups is 1. The Morgan fingerprint density at radius 3 is 1.96 bits per heavy atom. The van der Waals surface area contributed by atoms with Gasteiger partial charge in [-0.25, -0.2) is 0 Å². The van der Waals surface area contributed by atoms with Crippen molar-refractivity contribution in [2.75, 3.05) is 41.5 Å². The van der Waals surface area contributed by atoms with Crippen molar-refractivity contribution in [3.8, 4) is 29.1 Å². The topological polar surface area (TPSA) is 85.1 Å². The average molecular weight is 369 g/mol. The maximum atomic E-state index is 8.57. The number of aliphatic imine (C=N–C) groups is 1. The number of nitrogens with zero attached hydrogens (tertiary/aromatic N) is 2. The van der Waals surface area contributed by atoms with Crippen molar-refractivity contribution in [3.63, 3.8) is 0 Å². The van der Waals surface area contributed by atoms with Gasteiger partial charge in [0.2, 0.25) is 0 Å². The van der Waals surface area contributed by atoms with E-state index in [1.54, 1.807) is 46.6 Å². The fraction of sp³-hybridized carbons (Fsp3) is 0.300. The van der Waals surface area contributed by atoms with Crippen molar-refractivity contribution in [2.45, 2.75) is 0 Å². The molecule has 0 saturated carbocycles. The lowest BCUT2D eigenvalue weighted by Gasteiger charge is -2.09. The van der Waals surface area contributed by atoms with Crippen LogP contribution in [0.25, 0.3) is 0 Å². The molecule has 0 spiro atoms. The van der Waals surface area contributed by atoms with Gasteiger partial charge in [0.1, 0.15) is 5.84 Å². The predicted octanol–water partition coefficient (Wildman–Crippen LogP) is 2.63. The first kappa shape index (κ1) is 19.9. The molecule has 0 bridgehead atoms. The first-order valence-electron chi connectivity index (χ1n) is 8.29. The summed E-state index contributed by atoms with van der Waals surface area (Å²) < 4.78 is 20.4. The van der Waals surface area contributed by atoms with Gasteiger partial charge in [-0.1, -0.05) is 0 Å². The van der Waals surface area contributed by atoms with Crippen LogP contribution in [0.15, 0.2) is 41.4 Å². The van der Waals surface area contributed by atoms with E-state index in [1.165, 1.54) is 0 Å². The minimum atomic E-state index is 0.563. The van der Waals surface area contributed by atoms with Gasteiger partial charge >= 0.3 is 0 Å². The van der Waals surface area contributed by atoms with Gasteiger partial charge in [0.05, 0.1) is 46.6 Å². The Bertz CT molecular complexity index is 844. The van der Waals surface area contributed by atoms with Crippen LogP contribution in [0.5, 0.6) is 23.0 Å². The van der Waals surface area contributed by atoms with Crippen molar-refractivity contribution in [1.29, 1.82) is 5.26 Å². The van der Waals surface area contributed by atoms with Gasteiger partial charge in [-0.15, -0.1) is 0 Å². The highest BCUT2D eigenvalue weighted by atomic mass is 16.5. The van der Waals surface area contributed by atoms with E-state index in [9.17, 15) is 0 Å². The maximum absolute atomic E-state index is 8.57. The summed E-state index contributed by atoms with van der Waals surface area (Å²) in [5.74, 6) is 3.61. The molecule has 7 nitrogen and oxygen atoms in total. The van der Waals surface area contributed by atoms with E-state index in [-0.39, 0.29) is 0 Å². The van der Waals surface area contributed by atoms with Crippen LogP contribution in [0.3, 0.4) is 0 Å². The molecule has 0 fully saturated rings. The van der Waals surface area contributed by atoms with Gasteiger partial charge in [0.15, 0.2) is 23.0 Å². The monoisotopic (exact) mass is 369 g/mol. The first-order valence-corrected chi connectivity index (χ1v) is 8.29. The number of rotatable bonds is 5. The highest BCUT2D eigenvalue weighted by Crippen LogP contribution is 2.28. The summed E-state index contributed by atoms with van der Waals surface area (Å²) in [6.45, 7) is 1.74. The summed E-state index contributed by atoms with van der Waals surface area (Å²) in [6, 6.07) is 12.8. The molecule has 1 N–H and O–H groups in total. The number of benzene rings is 2. The third-order valence-corrected chi connectivity index (χ3v) is 3.84. The third-order valence-electron chi connectivity index (χ3n) is 3.84. The minimum Gasteiger partial charge on any atom is -0.493 e. The average Bonchev–Trinajstić information content (AvgIpc) is 3.28. The molecule has 0 aromatic heterocycles. The Labute approximate surface area is 159 Å². The van der Waals surface area contributed by atoms with Crippen LogP contribution in [0.2, 0.25) is 0 Å². The number of hydrogen-bond donors (Lipinski definition) is 1. The van der Waals surface area contributed by atoms with Crippen LogP contribution in [0.4, 0.5) is 0 Å². The van der Waals surface area contributed by atoms with Gasteiger partial charge in [-0.3, -0.25) is 4.99 Å². The summed E-state index contributed by atoms with van der Waals surface area (Å²) in [4.78, 5) is 4.35. The minimum absolute atomic E-state index is 0.563. The van der Waals surface area contributed by atoms with E-state index in [1.807, 2.05) is 24.3 Å². The normalized spacial score (nSPS) is 11.9. The van der Waals surface area contributed by atoms with Gasteiger partial charge < -0.3 is 24.3 Å². The van der Waals surface area contributed by atoms with E-state index in [4.69, 9.17) is 24.2 Å². The summed E-state index contributed by atoms with van der Waals surface area (Å²) in [5.41, 5.74) is 1.60. The molecule has 1 aliphatic rings. The van der Waals surface area contributed by atoms with Crippen molar-refractivity contribution < 1.29 is 18.9 Å². The molecule has 27 heavy (non-hydrogen) atoms. The van der Waals surface area contributed by atoms with Crippen LogP contribution in [0, 0.1) is 11.3 Å². The lowest BCUT2D eigenvalue weighted by molar-refractivity contribution is 0.355. The lowest BCUT2D eigenvalue weighted by atomic mass is 10.2. The smallest absolute Gasteiger partial charge is 0.162 e. The van der Waals surface area contributed by atoms with E-state index >= 15 is 0 Å². The zero-order chi connectivity index (χ0) is 19.6. The van der Waals surface area contributed by atoms with E-state index < -0.39 is 0 Å². The molecule has 0 atom stereocenters. The van der Waals surface area contributed by atoms with Crippen molar-refractivity contribution in [3.05, 3.63) is 47.5 Å². The summed E-state index contributed by atoms with van der Waals surface area (Å²) in [6.07, 6.45) is 0. The SMILES string of the molecule is COc1ccc(C#N)cc1OC.COc1ccc(C2=NCCN2)cc1OC. The second-order valence-electron chi connectivity index (χ2n) is 5.41. The molecule has 0 radical (unpaired) electrons. The molecule has 1 heterocycles. The molecule has 3 rings (SSSR count). The molecule has 2 aromatic rings. The van der Waals surface area contributed by atoms with Gasteiger partial charge in [-0.05, 0) is 30.3 Å². The third kappa shape index (κ3) is 5.05. The highest BCUT2D eigenvalue weighted by molar-refractivity contribution is 6.00. The van der Waals surface area contributed by atoms with E-state index in [0.29, 0.717) is 17.1 Å². The molecule has 0 amide bonds. The van der Waals surface area contributed by atoms with Crippen LogP contribution in [-0.2, 0) is 0 Å². The van der Waals surface area contributed by atoms with Crippen LogP contribution >= 0.6 is 0 Å². The summed E-state index contributed by atoms with van der Waals surface area (Å²) in [7, 11) is 6.36. The first-order chi connectivity index (χ1) is 13.2. The Balaban J connectivity index is 0.000000199. The number of methoxy groups -OCH3 is 4. The molecule has 0 aliphatic carbocycles. The van der Waals surface area contributed by atoms with Crippen LogP contribution < -0.4 is 24.3 Å². The van der Waals surface area contributed by atoms with Gasteiger partial charge in [0, 0.05) is 18.2 Å². The van der Waals surface area contributed by atoms with Crippen molar-refractivity contribution in [1.82, 2.24) is 5.32 Å². The number of nitrogens with one attached hydrogen (secondary N) is 1. The zero-order valence-electron chi connectivity index (χ0n) is 15.9. The summed E-state index contributed by atoms with van der Waals surface area (Å²) >= 11 is 0. The zero-order valence-corrected chi connectivity index (χ0v) is 15.9. The Morgan fingerprint density at radius 2 is 1.44 bits per heavy atom. The fourth-order valence-corrected chi connectivity index (χ4v) is 2.48. The van der Waals surface area contributed by atoms with E-state index in [0.717, 1.165) is 36.0 Å². The van der Waals surface area contributed by atoms with Gasteiger partial charge in [0.25, 0.3) is 0 Å². The molecule has 0 saturated heterocycles. The number of nitriles is 1. The molecule has 142 valence electrons. The molecule has 1 aliphatic heterocycles. The van der Waals surface area contributed by atoms with Crippen LogP contribution in [-0.4, -0.2) is 47.4 Å². The fourth-order valence-electron chi connectivity index (χ4n) is 2.48. The second kappa shape index (κ2) is 9.92. The van der Waals surface area contributed by atoms with Crippen molar-refractivity contribution in [2.24, 2.45) is 4.99 Å². The molecular formula is C20H23N3O4. The predicted molar refractivity (Wildman–Crippen MR) is 103 cm³/mol. The Hall–Kier alpha value is -3.40. The Morgan fingerprint density at radius 1 is 0.852 bits per heavy atom. The molecule has 7 heteroatoms. The van der Waals surface area contributed by atoms with E-state index in [2.05, 4.69) is 10.3 Å².